The fourth-order valence-corrected chi connectivity index (χ4v) is 7.35. The van der Waals surface area contributed by atoms with Crippen molar-refractivity contribution in [3.8, 4) is 0 Å². The van der Waals surface area contributed by atoms with Crippen LogP contribution in [0.1, 0.15) is 115 Å². The van der Waals surface area contributed by atoms with Crippen molar-refractivity contribution in [1.29, 1.82) is 0 Å². The van der Waals surface area contributed by atoms with Crippen molar-refractivity contribution in [1.82, 2.24) is 0 Å². The molecule has 1 aromatic carbocycles. The highest BCUT2D eigenvalue weighted by molar-refractivity contribution is 5.71. The Kier molecular flexibility index (Phi) is 8.77. The van der Waals surface area contributed by atoms with Crippen molar-refractivity contribution in [2.75, 3.05) is 0 Å². The molecule has 0 saturated heterocycles. The summed E-state index contributed by atoms with van der Waals surface area (Å²) in [5, 5.41) is 10.6. The van der Waals surface area contributed by atoms with Crippen LogP contribution in [0.5, 0.6) is 0 Å². The Hall–Kier alpha value is -1.35. The Morgan fingerprint density at radius 3 is 1.97 bits per heavy atom. The second-order valence-electron chi connectivity index (χ2n) is 12.2. The SMILES string of the molecule is CC(C)C(=O)OC1CCC(Cc2ccc(C(C)(C3CCCCC3)C3CCCCC3)cc2)CC1O. The first-order chi connectivity index (χ1) is 16.4. The molecule has 1 N–H and O–H groups in total. The Morgan fingerprint density at radius 1 is 0.912 bits per heavy atom. The first-order valence-electron chi connectivity index (χ1n) is 14.4. The van der Waals surface area contributed by atoms with E-state index in [1.807, 2.05) is 13.8 Å². The molecule has 3 heteroatoms. The minimum absolute atomic E-state index is 0.142. The van der Waals surface area contributed by atoms with E-state index in [4.69, 9.17) is 4.74 Å². The molecule has 3 saturated carbocycles. The van der Waals surface area contributed by atoms with Gasteiger partial charge < -0.3 is 9.84 Å². The highest BCUT2D eigenvalue weighted by Crippen LogP contribution is 2.50. The molecule has 0 amide bonds. The standard InChI is InChI=1S/C31H48O3/c1-22(2)30(33)34-29-19-16-24(21-28(29)32)20-23-14-17-27(18-15-23)31(3,25-10-6-4-7-11-25)26-12-8-5-9-13-26/h14-15,17-18,22,24-26,28-29,32H,4-13,16,19-21H2,1-3H3. The van der Waals surface area contributed by atoms with Crippen LogP contribution < -0.4 is 0 Å². The molecule has 0 radical (unpaired) electrons. The molecule has 34 heavy (non-hydrogen) atoms. The van der Waals surface area contributed by atoms with E-state index in [1.165, 1.54) is 69.8 Å². The molecule has 1 aromatic rings. The highest BCUT2D eigenvalue weighted by atomic mass is 16.6. The average Bonchev–Trinajstić information content (AvgIpc) is 2.86. The van der Waals surface area contributed by atoms with Gasteiger partial charge in [0.25, 0.3) is 0 Å². The Morgan fingerprint density at radius 2 is 1.47 bits per heavy atom. The lowest BCUT2D eigenvalue weighted by atomic mass is 9.57. The minimum Gasteiger partial charge on any atom is -0.459 e. The Bertz CT molecular complexity index is 752. The molecule has 3 fully saturated rings. The molecule has 3 aliphatic carbocycles. The number of carbonyl (C=O) groups excluding carboxylic acids is 1. The first-order valence-corrected chi connectivity index (χ1v) is 14.4. The first kappa shape index (κ1) is 25.7. The summed E-state index contributed by atoms with van der Waals surface area (Å²) in [5.41, 5.74) is 3.26. The van der Waals surface area contributed by atoms with Crippen LogP contribution >= 0.6 is 0 Å². The zero-order valence-electron chi connectivity index (χ0n) is 21.9. The van der Waals surface area contributed by atoms with Crippen molar-refractivity contribution in [2.45, 2.75) is 128 Å². The van der Waals surface area contributed by atoms with Gasteiger partial charge in [-0.15, -0.1) is 0 Å². The van der Waals surface area contributed by atoms with E-state index in [2.05, 4.69) is 31.2 Å². The number of hydrogen-bond donors (Lipinski definition) is 1. The molecule has 3 unspecified atom stereocenters. The summed E-state index contributed by atoms with van der Waals surface area (Å²) in [4.78, 5) is 11.9. The van der Waals surface area contributed by atoms with Crippen LogP contribution in [0.3, 0.4) is 0 Å². The summed E-state index contributed by atoms with van der Waals surface area (Å²) in [6, 6.07) is 9.64. The smallest absolute Gasteiger partial charge is 0.308 e. The zero-order valence-corrected chi connectivity index (χ0v) is 21.9. The molecule has 3 aliphatic rings. The average molecular weight is 469 g/mol. The number of hydrogen-bond acceptors (Lipinski definition) is 3. The fraction of sp³-hybridized carbons (Fsp3) is 0.774. The Balaban J connectivity index is 1.41. The van der Waals surface area contributed by atoms with Crippen LogP contribution in [0.4, 0.5) is 0 Å². The number of aliphatic hydroxyl groups excluding tert-OH is 1. The third kappa shape index (κ3) is 5.89. The lowest BCUT2D eigenvalue weighted by Gasteiger charge is -2.48. The molecule has 0 aliphatic heterocycles. The number of benzene rings is 1. The molecule has 0 bridgehead atoms. The van der Waals surface area contributed by atoms with Gasteiger partial charge in [-0.1, -0.05) is 83.6 Å². The number of aliphatic hydroxyl groups is 1. The fourth-order valence-electron chi connectivity index (χ4n) is 7.35. The molecular weight excluding hydrogens is 420 g/mol. The van der Waals surface area contributed by atoms with E-state index >= 15 is 0 Å². The van der Waals surface area contributed by atoms with E-state index in [1.54, 1.807) is 5.56 Å². The second kappa shape index (κ2) is 11.6. The minimum atomic E-state index is -0.540. The molecule has 0 spiro atoms. The number of carbonyl (C=O) groups is 1. The van der Waals surface area contributed by atoms with E-state index in [0.717, 1.165) is 37.5 Å². The largest absolute Gasteiger partial charge is 0.459 e. The normalized spacial score (nSPS) is 27.6. The van der Waals surface area contributed by atoms with Crippen molar-refractivity contribution in [3.05, 3.63) is 35.4 Å². The molecule has 3 nitrogen and oxygen atoms in total. The molecule has 0 heterocycles. The van der Waals surface area contributed by atoms with E-state index in [-0.39, 0.29) is 18.0 Å². The summed E-state index contributed by atoms with van der Waals surface area (Å²) in [7, 11) is 0. The molecule has 4 rings (SSSR count). The monoisotopic (exact) mass is 468 g/mol. The van der Waals surface area contributed by atoms with E-state index in [0.29, 0.717) is 11.3 Å². The predicted molar refractivity (Wildman–Crippen MR) is 139 cm³/mol. The van der Waals surface area contributed by atoms with Crippen LogP contribution in [0.25, 0.3) is 0 Å². The third-order valence-corrected chi connectivity index (χ3v) is 9.61. The van der Waals surface area contributed by atoms with Gasteiger partial charge in [-0.2, -0.15) is 0 Å². The van der Waals surface area contributed by atoms with Gasteiger partial charge in [0.1, 0.15) is 6.10 Å². The second-order valence-corrected chi connectivity index (χ2v) is 12.2. The third-order valence-electron chi connectivity index (χ3n) is 9.61. The van der Waals surface area contributed by atoms with Crippen molar-refractivity contribution >= 4 is 5.97 Å². The maximum Gasteiger partial charge on any atom is 0.308 e. The highest BCUT2D eigenvalue weighted by Gasteiger charge is 2.43. The summed E-state index contributed by atoms with van der Waals surface area (Å²) in [6.45, 7) is 6.29. The van der Waals surface area contributed by atoms with Gasteiger partial charge in [0.05, 0.1) is 12.0 Å². The zero-order chi connectivity index (χ0) is 24.1. The van der Waals surface area contributed by atoms with Gasteiger partial charge >= 0.3 is 5.97 Å². The lowest BCUT2D eigenvalue weighted by molar-refractivity contribution is -0.162. The number of esters is 1. The number of ether oxygens (including phenoxy) is 1. The van der Waals surface area contributed by atoms with Gasteiger partial charge in [0, 0.05) is 0 Å². The lowest BCUT2D eigenvalue weighted by Crippen LogP contribution is -2.41. The van der Waals surface area contributed by atoms with Crippen LogP contribution in [0.2, 0.25) is 0 Å². The van der Waals surface area contributed by atoms with Crippen LogP contribution in [0, 0.1) is 23.7 Å². The number of rotatable bonds is 7. The van der Waals surface area contributed by atoms with Gasteiger partial charge in [0.2, 0.25) is 0 Å². The summed E-state index contributed by atoms with van der Waals surface area (Å²) in [5.74, 6) is 1.77. The quantitative estimate of drug-likeness (QED) is 0.425. The van der Waals surface area contributed by atoms with Crippen LogP contribution in [-0.4, -0.2) is 23.3 Å². The van der Waals surface area contributed by atoms with Gasteiger partial charge in [-0.05, 0) is 85.7 Å². The van der Waals surface area contributed by atoms with Gasteiger partial charge in [0.15, 0.2) is 0 Å². The maximum absolute atomic E-state index is 11.9. The van der Waals surface area contributed by atoms with Crippen molar-refractivity contribution < 1.29 is 14.6 Å². The van der Waals surface area contributed by atoms with Gasteiger partial charge in [-0.3, -0.25) is 4.79 Å². The van der Waals surface area contributed by atoms with E-state index < -0.39 is 6.10 Å². The van der Waals surface area contributed by atoms with Crippen molar-refractivity contribution in [3.63, 3.8) is 0 Å². The van der Waals surface area contributed by atoms with Crippen molar-refractivity contribution in [2.24, 2.45) is 23.7 Å². The van der Waals surface area contributed by atoms with Crippen LogP contribution in [-0.2, 0) is 21.4 Å². The topological polar surface area (TPSA) is 46.5 Å². The van der Waals surface area contributed by atoms with Crippen LogP contribution in [0.15, 0.2) is 24.3 Å². The maximum atomic E-state index is 11.9. The van der Waals surface area contributed by atoms with Gasteiger partial charge in [-0.25, -0.2) is 0 Å². The Labute approximate surface area is 208 Å². The molecule has 190 valence electrons. The molecule has 3 atom stereocenters. The molecule has 0 aromatic heterocycles. The summed E-state index contributed by atoms with van der Waals surface area (Å²) >= 11 is 0. The van der Waals surface area contributed by atoms with E-state index in [9.17, 15) is 9.90 Å². The summed E-state index contributed by atoms with van der Waals surface area (Å²) in [6.07, 6.45) is 16.7. The summed E-state index contributed by atoms with van der Waals surface area (Å²) < 4.78 is 5.54. The molecular formula is C31H48O3. The predicted octanol–water partition coefficient (Wildman–Crippen LogP) is 7.38.